The third-order valence-electron chi connectivity index (χ3n) is 2.60. The van der Waals surface area contributed by atoms with Crippen molar-refractivity contribution in [1.82, 2.24) is 5.32 Å². The summed E-state index contributed by atoms with van der Waals surface area (Å²) in [5.74, 6) is 0.365. The van der Waals surface area contributed by atoms with Gasteiger partial charge in [-0.25, -0.2) is 0 Å². The van der Waals surface area contributed by atoms with Gasteiger partial charge in [0.2, 0.25) is 5.91 Å². The summed E-state index contributed by atoms with van der Waals surface area (Å²) in [4.78, 5) is 23.9. The Bertz CT molecular complexity index is 274. The van der Waals surface area contributed by atoms with Gasteiger partial charge in [0, 0.05) is 11.3 Å². The second-order valence-corrected chi connectivity index (χ2v) is 6.46. The third-order valence-corrected chi connectivity index (χ3v) is 2.60. The van der Waals surface area contributed by atoms with Crippen LogP contribution in [0.4, 0.5) is 0 Å². The van der Waals surface area contributed by atoms with Crippen molar-refractivity contribution in [2.45, 2.75) is 60.9 Å². The number of amides is 1. The van der Waals surface area contributed by atoms with E-state index in [4.69, 9.17) is 0 Å². The fourth-order valence-corrected chi connectivity index (χ4v) is 1.56. The van der Waals surface area contributed by atoms with Crippen molar-refractivity contribution in [3.05, 3.63) is 0 Å². The maximum atomic E-state index is 12.2. The molecule has 0 spiro atoms. The number of hydrogen-bond acceptors (Lipinski definition) is 2. The van der Waals surface area contributed by atoms with Gasteiger partial charge in [-0.1, -0.05) is 48.5 Å². The van der Waals surface area contributed by atoms with Crippen molar-refractivity contribution in [1.29, 1.82) is 0 Å². The number of carbonyl (C=O) groups excluding carboxylic acids is 2. The molecule has 0 aliphatic heterocycles. The highest BCUT2D eigenvalue weighted by molar-refractivity contribution is 5.92. The number of Topliss-reactive ketones (excluding diaryl/α,β-unsaturated/α-hetero) is 1. The molecule has 17 heavy (non-hydrogen) atoms. The van der Waals surface area contributed by atoms with E-state index in [1.807, 2.05) is 34.6 Å². The van der Waals surface area contributed by atoms with E-state index in [2.05, 4.69) is 19.2 Å². The molecule has 3 nitrogen and oxygen atoms in total. The monoisotopic (exact) mass is 241 g/mol. The zero-order chi connectivity index (χ0) is 13.8. The predicted molar refractivity (Wildman–Crippen MR) is 70.7 cm³/mol. The molecule has 0 aromatic heterocycles. The first kappa shape index (κ1) is 16.1. The maximum Gasteiger partial charge on any atom is 0.223 e. The van der Waals surface area contributed by atoms with Crippen LogP contribution in [-0.2, 0) is 9.59 Å². The fraction of sp³-hybridized carbons (Fsp3) is 0.857. The topological polar surface area (TPSA) is 46.2 Å². The van der Waals surface area contributed by atoms with Crippen molar-refractivity contribution >= 4 is 11.7 Å². The molecule has 100 valence electrons. The zero-order valence-electron chi connectivity index (χ0n) is 12.3. The molecule has 0 heterocycles. The molecule has 0 aliphatic carbocycles. The Labute approximate surface area is 105 Å². The van der Waals surface area contributed by atoms with Gasteiger partial charge < -0.3 is 5.32 Å². The van der Waals surface area contributed by atoms with E-state index < -0.39 is 5.41 Å². The van der Waals surface area contributed by atoms with Crippen LogP contribution < -0.4 is 5.32 Å². The molecule has 0 unspecified atom stereocenters. The number of carbonyl (C=O) groups is 2. The molecule has 0 aromatic rings. The maximum absolute atomic E-state index is 12.2. The van der Waals surface area contributed by atoms with E-state index in [0.717, 1.165) is 0 Å². The smallest absolute Gasteiger partial charge is 0.223 e. The lowest BCUT2D eigenvalue weighted by Crippen LogP contribution is -2.47. The average molecular weight is 241 g/mol. The summed E-state index contributed by atoms with van der Waals surface area (Å²) in [6, 6.07) is -0.357. The highest BCUT2D eigenvalue weighted by Crippen LogP contribution is 2.20. The summed E-state index contributed by atoms with van der Waals surface area (Å²) in [6.07, 6.45) is 0.703. The van der Waals surface area contributed by atoms with Crippen LogP contribution in [0, 0.1) is 17.3 Å². The van der Waals surface area contributed by atoms with Crippen molar-refractivity contribution < 1.29 is 9.59 Å². The summed E-state index contributed by atoms with van der Waals surface area (Å²) in [7, 11) is 0. The minimum atomic E-state index is -0.413. The SMILES string of the molecule is CC(C)C[C@H](NC(=O)C(C)C)C(=O)C(C)(C)C. The molecule has 0 saturated heterocycles. The van der Waals surface area contributed by atoms with Gasteiger partial charge >= 0.3 is 0 Å². The summed E-state index contributed by atoms with van der Waals surface area (Å²) >= 11 is 0. The van der Waals surface area contributed by atoms with Crippen molar-refractivity contribution in [2.24, 2.45) is 17.3 Å². The zero-order valence-corrected chi connectivity index (χ0v) is 12.3. The van der Waals surface area contributed by atoms with Crippen LogP contribution in [0.3, 0.4) is 0 Å². The van der Waals surface area contributed by atoms with E-state index in [1.165, 1.54) is 0 Å². The molecule has 1 N–H and O–H groups in total. The normalized spacial score (nSPS) is 13.9. The lowest BCUT2D eigenvalue weighted by molar-refractivity contribution is -0.133. The average Bonchev–Trinajstić information content (AvgIpc) is 2.13. The fourth-order valence-electron chi connectivity index (χ4n) is 1.56. The van der Waals surface area contributed by atoms with Crippen molar-refractivity contribution in [2.75, 3.05) is 0 Å². The summed E-state index contributed by atoms with van der Waals surface area (Å²) in [5.41, 5.74) is -0.413. The first-order valence-electron chi connectivity index (χ1n) is 6.40. The standard InChI is InChI=1S/C14H27NO2/c1-9(2)8-11(12(16)14(5,6)7)15-13(17)10(3)4/h9-11H,8H2,1-7H3,(H,15,17)/t11-/m0/s1. The third kappa shape index (κ3) is 5.85. The minimum Gasteiger partial charge on any atom is -0.346 e. The van der Waals surface area contributed by atoms with Gasteiger partial charge in [-0.3, -0.25) is 9.59 Å². The molecule has 1 atom stereocenters. The van der Waals surface area contributed by atoms with E-state index in [1.54, 1.807) is 0 Å². The molecule has 0 bridgehead atoms. The quantitative estimate of drug-likeness (QED) is 0.804. The number of ketones is 1. The molecule has 0 saturated carbocycles. The number of hydrogen-bond donors (Lipinski definition) is 1. The molecular formula is C14H27NO2. The molecule has 1 amide bonds. The second kappa shape index (κ2) is 6.18. The molecular weight excluding hydrogens is 214 g/mol. The second-order valence-electron chi connectivity index (χ2n) is 6.46. The highest BCUT2D eigenvalue weighted by atomic mass is 16.2. The molecule has 0 aliphatic rings. The molecule has 0 rings (SSSR count). The van der Waals surface area contributed by atoms with Crippen LogP contribution in [0.5, 0.6) is 0 Å². The minimum absolute atomic E-state index is 0.0479. The van der Waals surface area contributed by atoms with Crippen molar-refractivity contribution in [3.8, 4) is 0 Å². The predicted octanol–water partition coefficient (Wildman–Crippen LogP) is 2.79. The number of nitrogens with one attached hydrogen (secondary N) is 1. The van der Waals surface area contributed by atoms with Crippen LogP contribution >= 0.6 is 0 Å². The van der Waals surface area contributed by atoms with Crippen LogP contribution in [-0.4, -0.2) is 17.7 Å². The van der Waals surface area contributed by atoms with Gasteiger partial charge in [-0.2, -0.15) is 0 Å². The van der Waals surface area contributed by atoms with Gasteiger partial charge in [-0.05, 0) is 12.3 Å². The van der Waals surface area contributed by atoms with E-state index >= 15 is 0 Å². The lowest BCUT2D eigenvalue weighted by atomic mass is 9.83. The first-order valence-corrected chi connectivity index (χ1v) is 6.40. The lowest BCUT2D eigenvalue weighted by Gasteiger charge is -2.27. The van der Waals surface area contributed by atoms with Gasteiger partial charge in [0.25, 0.3) is 0 Å². The van der Waals surface area contributed by atoms with Crippen molar-refractivity contribution in [3.63, 3.8) is 0 Å². The molecule has 0 radical (unpaired) electrons. The first-order chi connectivity index (χ1) is 7.55. The Morgan fingerprint density at radius 2 is 1.53 bits per heavy atom. The van der Waals surface area contributed by atoms with Gasteiger partial charge in [0.1, 0.15) is 0 Å². The van der Waals surface area contributed by atoms with Crippen LogP contribution in [0.25, 0.3) is 0 Å². The largest absolute Gasteiger partial charge is 0.346 e. The Balaban J connectivity index is 4.77. The Hall–Kier alpha value is -0.860. The highest BCUT2D eigenvalue weighted by Gasteiger charge is 2.31. The summed E-state index contributed by atoms with van der Waals surface area (Å²) in [6.45, 7) is 13.5. The molecule has 3 heteroatoms. The van der Waals surface area contributed by atoms with Gasteiger partial charge in [0.05, 0.1) is 6.04 Å². The van der Waals surface area contributed by atoms with Crippen LogP contribution in [0.1, 0.15) is 54.9 Å². The van der Waals surface area contributed by atoms with Crippen LogP contribution in [0.2, 0.25) is 0 Å². The summed E-state index contributed by atoms with van der Waals surface area (Å²) in [5, 5.41) is 2.87. The van der Waals surface area contributed by atoms with E-state index in [-0.39, 0.29) is 23.7 Å². The molecule has 0 fully saturated rings. The Morgan fingerprint density at radius 1 is 1.06 bits per heavy atom. The Morgan fingerprint density at radius 3 is 1.82 bits per heavy atom. The Kier molecular flexibility index (Phi) is 5.86. The van der Waals surface area contributed by atoms with Gasteiger partial charge in [-0.15, -0.1) is 0 Å². The number of rotatable bonds is 5. The summed E-state index contributed by atoms with van der Waals surface area (Å²) < 4.78 is 0. The van der Waals surface area contributed by atoms with E-state index in [9.17, 15) is 9.59 Å². The van der Waals surface area contributed by atoms with Crippen LogP contribution in [0.15, 0.2) is 0 Å². The molecule has 0 aromatic carbocycles. The van der Waals surface area contributed by atoms with Gasteiger partial charge in [0.15, 0.2) is 5.78 Å². The van der Waals surface area contributed by atoms with E-state index in [0.29, 0.717) is 12.3 Å².